The highest BCUT2D eigenvalue weighted by molar-refractivity contribution is 7.07. The van der Waals surface area contributed by atoms with Gasteiger partial charge in [-0.25, -0.2) is 9.67 Å². The first-order valence-electron chi connectivity index (χ1n) is 8.70. The molecule has 0 atom stereocenters. The first-order chi connectivity index (χ1) is 14.1. The number of rotatable bonds is 6. The molecule has 0 bridgehead atoms. The summed E-state index contributed by atoms with van der Waals surface area (Å²) in [6.07, 6.45) is 0. The third-order valence-corrected chi connectivity index (χ3v) is 5.03. The fourth-order valence-electron chi connectivity index (χ4n) is 2.73. The van der Waals surface area contributed by atoms with E-state index < -0.39 is 0 Å². The van der Waals surface area contributed by atoms with Gasteiger partial charge in [-0.15, -0.1) is 16.4 Å². The standard InChI is InChI=1S/C20H16ClN5O2S/c1-13-19(24-25-26(13)16-6-4-5-14(21)9-16)20(27)23-17-7-2-3-8-18(17)28-10-15-11-29-12-22-15/h2-9,11-12H,10H2,1H3,(H,23,27). The summed E-state index contributed by atoms with van der Waals surface area (Å²) in [4.78, 5) is 17.0. The Labute approximate surface area is 175 Å². The van der Waals surface area contributed by atoms with Gasteiger partial charge in [-0.05, 0) is 37.3 Å². The molecule has 0 saturated heterocycles. The Hall–Kier alpha value is -3.23. The van der Waals surface area contributed by atoms with E-state index in [0.29, 0.717) is 28.8 Å². The zero-order chi connectivity index (χ0) is 20.2. The maximum absolute atomic E-state index is 12.8. The Morgan fingerprint density at radius 1 is 1.24 bits per heavy atom. The predicted octanol–water partition coefficient (Wildman–Crippen LogP) is 4.52. The van der Waals surface area contributed by atoms with Crippen molar-refractivity contribution in [1.82, 2.24) is 20.0 Å². The van der Waals surface area contributed by atoms with Crippen molar-refractivity contribution in [2.45, 2.75) is 13.5 Å². The molecule has 2 aromatic carbocycles. The van der Waals surface area contributed by atoms with Crippen molar-refractivity contribution in [1.29, 1.82) is 0 Å². The number of thiazole rings is 1. The highest BCUT2D eigenvalue weighted by atomic mass is 35.5. The molecule has 1 amide bonds. The van der Waals surface area contributed by atoms with Crippen LogP contribution >= 0.6 is 22.9 Å². The number of anilines is 1. The monoisotopic (exact) mass is 425 g/mol. The second kappa shape index (κ2) is 8.42. The Morgan fingerprint density at radius 3 is 2.90 bits per heavy atom. The lowest BCUT2D eigenvalue weighted by atomic mass is 10.2. The number of hydrogen-bond donors (Lipinski definition) is 1. The number of carbonyl (C=O) groups is 1. The van der Waals surface area contributed by atoms with Crippen LogP contribution in [-0.2, 0) is 6.61 Å². The van der Waals surface area contributed by atoms with E-state index in [1.165, 1.54) is 11.3 Å². The maximum Gasteiger partial charge on any atom is 0.278 e. The van der Waals surface area contributed by atoms with Gasteiger partial charge in [0.2, 0.25) is 0 Å². The molecular formula is C20H16ClN5O2S. The number of nitrogens with one attached hydrogen (secondary N) is 1. The van der Waals surface area contributed by atoms with Crippen molar-refractivity contribution >= 4 is 34.5 Å². The van der Waals surface area contributed by atoms with Crippen molar-refractivity contribution in [3.05, 3.63) is 81.5 Å². The molecule has 7 nitrogen and oxygen atoms in total. The molecule has 4 rings (SSSR count). The number of hydrogen-bond acceptors (Lipinski definition) is 6. The third-order valence-electron chi connectivity index (χ3n) is 4.16. The molecule has 0 fully saturated rings. The molecule has 0 unspecified atom stereocenters. The van der Waals surface area contributed by atoms with Gasteiger partial charge < -0.3 is 10.1 Å². The van der Waals surface area contributed by atoms with Crippen LogP contribution in [-0.4, -0.2) is 25.9 Å². The van der Waals surface area contributed by atoms with Crippen LogP contribution in [0.1, 0.15) is 21.9 Å². The Morgan fingerprint density at radius 2 is 2.10 bits per heavy atom. The summed E-state index contributed by atoms with van der Waals surface area (Å²) in [6, 6.07) is 14.4. The zero-order valence-electron chi connectivity index (χ0n) is 15.4. The summed E-state index contributed by atoms with van der Waals surface area (Å²) in [6.45, 7) is 2.10. The van der Waals surface area contributed by atoms with Crippen LogP contribution in [0.5, 0.6) is 5.75 Å². The molecule has 4 aromatic rings. The second-order valence-corrected chi connectivity index (χ2v) is 7.29. The fourth-order valence-corrected chi connectivity index (χ4v) is 3.46. The molecule has 0 saturated carbocycles. The molecule has 0 spiro atoms. The summed E-state index contributed by atoms with van der Waals surface area (Å²) >= 11 is 7.55. The normalized spacial score (nSPS) is 10.7. The van der Waals surface area contributed by atoms with Gasteiger partial charge >= 0.3 is 0 Å². The first-order valence-corrected chi connectivity index (χ1v) is 10.0. The summed E-state index contributed by atoms with van der Waals surface area (Å²) < 4.78 is 7.38. The molecule has 2 aromatic heterocycles. The number of aromatic nitrogens is 4. The number of nitrogens with zero attached hydrogens (tertiary/aromatic N) is 4. The molecule has 0 aliphatic carbocycles. The molecule has 0 aliphatic rings. The smallest absolute Gasteiger partial charge is 0.278 e. The largest absolute Gasteiger partial charge is 0.485 e. The zero-order valence-corrected chi connectivity index (χ0v) is 16.9. The van der Waals surface area contributed by atoms with Crippen molar-refractivity contribution in [2.75, 3.05) is 5.32 Å². The van der Waals surface area contributed by atoms with Crippen LogP contribution in [0, 0.1) is 6.92 Å². The Kier molecular flexibility index (Phi) is 5.55. The van der Waals surface area contributed by atoms with Gasteiger partial charge in [0.1, 0.15) is 12.4 Å². The molecular weight excluding hydrogens is 410 g/mol. The van der Waals surface area contributed by atoms with E-state index in [9.17, 15) is 4.79 Å². The first kappa shape index (κ1) is 19.1. The Balaban J connectivity index is 1.53. The maximum atomic E-state index is 12.8. The number of ether oxygens (including phenoxy) is 1. The van der Waals surface area contributed by atoms with Gasteiger partial charge in [0.25, 0.3) is 5.91 Å². The topological polar surface area (TPSA) is 81.9 Å². The van der Waals surface area contributed by atoms with Crippen LogP contribution in [0.3, 0.4) is 0 Å². The molecule has 2 heterocycles. The number of amides is 1. The van der Waals surface area contributed by atoms with Gasteiger partial charge in [0.05, 0.1) is 28.3 Å². The minimum atomic E-state index is -0.375. The van der Waals surface area contributed by atoms with Crippen molar-refractivity contribution in [3.63, 3.8) is 0 Å². The SMILES string of the molecule is Cc1c(C(=O)Nc2ccccc2OCc2cscn2)nnn1-c1cccc(Cl)c1. The minimum absolute atomic E-state index is 0.222. The van der Waals surface area contributed by atoms with E-state index in [4.69, 9.17) is 16.3 Å². The van der Waals surface area contributed by atoms with Gasteiger partial charge in [0, 0.05) is 10.4 Å². The lowest BCUT2D eigenvalue weighted by Crippen LogP contribution is -2.15. The molecule has 0 aliphatic heterocycles. The van der Waals surface area contributed by atoms with E-state index in [0.717, 1.165) is 11.4 Å². The number of benzene rings is 2. The van der Waals surface area contributed by atoms with Crippen LogP contribution in [0.2, 0.25) is 5.02 Å². The quantitative estimate of drug-likeness (QED) is 0.491. The minimum Gasteiger partial charge on any atom is -0.485 e. The van der Waals surface area contributed by atoms with Crippen molar-refractivity contribution < 1.29 is 9.53 Å². The molecule has 146 valence electrons. The second-order valence-electron chi connectivity index (χ2n) is 6.13. The number of halogens is 1. The fraction of sp³-hybridized carbons (Fsp3) is 0.100. The van der Waals surface area contributed by atoms with Crippen molar-refractivity contribution in [2.24, 2.45) is 0 Å². The molecule has 1 N–H and O–H groups in total. The lowest BCUT2D eigenvalue weighted by molar-refractivity contribution is 0.102. The number of para-hydroxylation sites is 2. The average molecular weight is 426 g/mol. The van der Waals surface area contributed by atoms with Gasteiger partial charge in [-0.2, -0.15) is 0 Å². The molecule has 29 heavy (non-hydrogen) atoms. The van der Waals surface area contributed by atoms with E-state index in [2.05, 4.69) is 20.6 Å². The predicted molar refractivity (Wildman–Crippen MR) is 112 cm³/mol. The van der Waals surface area contributed by atoms with Crippen molar-refractivity contribution in [3.8, 4) is 11.4 Å². The van der Waals surface area contributed by atoms with E-state index in [1.807, 2.05) is 29.6 Å². The average Bonchev–Trinajstić information content (AvgIpc) is 3.37. The van der Waals surface area contributed by atoms with Crippen LogP contribution in [0.4, 0.5) is 5.69 Å². The third kappa shape index (κ3) is 4.28. The number of carbonyl (C=O) groups excluding carboxylic acids is 1. The van der Waals surface area contributed by atoms with Gasteiger partial charge in [-0.3, -0.25) is 4.79 Å². The van der Waals surface area contributed by atoms with Crippen LogP contribution < -0.4 is 10.1 Å². The van der Waals surface area contributed by atoms with Gasteiger partial charge in [-0.1, -0.05) is 35.0 Å². The summed E-state index contributed by atoms with van der Waals surface area (Å²) in [5, 5.41) is 13.5. The van der Waals surface area contributed by atoms with Gasteiger partial charge in [0.15, 0.2) is 5.69 Å². The van der Waals surface area contributed by atoms with Crippen LogP contribution in [0.25, 0.3) is 5.69 Å². The van der Waals surface area contributed by atoms with E-state index >= 15 is 0 Å². The summed E-state index contributed by atoms with van der Waals surface area (Å²) in [5.41, 5.74) is 4.68. The van der Waals surface area contributed by atoms with E-state index in [-0.39, 0.29) is 11.6 Å². The summed E-state index contributed by atoms with van der Waals surface area (Å²) in [7, 11) is 0. The summed E-state index contributed by atoms with van der Waals surface area (Å²) in [5.74, 6) is 0.175. The lowest BCUT2D eigenvalue weighted by Gasteiger charge is -2.11. The highest BCUT2D eigenvalue weighted by Crippen LogP contribution is 2.26. The van der Waals surface area contributed by atoms with Crippen LogP contribution in [0.15, 0.2) is 59.4 Å². The van der Waals surface area contributed by atoms with E-state index in [1.54, 1.807) is 41.4 Å². The Bertz CT molecular complexity index is 1140. The highest BCUT2D eigenvalue weighted by Gasteiger charge is 2.19. The molecule has 9 heteroatoms. The molecule has 0 radical (unpaired) electrons.